The number of hydrogen-bond donors (Lipinski definition) is 1. The molecule has 1 aromatic rings. The van der Waals surface area contributed by atoms with Crippen LogP contribution in [0.5, 0.6) is 0 Å². The van der Waals surface area contributed by atoms with Crippen LogP contribution in [0.3, 0.4) is 0 Å². The predicted molar refractivity (Wildman–Crippen MR) is 63.1 cm³/mol. The molecule has 1 fully saturated rings. The maximum absolute atomic E-state index is 11.5. The van der Waals surface area contributed by atoms with E-state index < -0.39 is 0 Å². The second-order valence-electron chi connectivity index (χ2n) is 3.58. The Labute approximate surface area is 101 Å². The minimum Gasteiger partial charge on any atom is -0.469 e. The van der Waals surface area contributed by atoms with E-state index in [4.69, 9.17) is 4.74 Å². The molecule has 1 aliphatic rings. The van der Waals surface area contributed by atoms with Crippen molar-refractivity contribution in [3.05, 3.63) is 20.8 Å². The van der Waals surface area contributed by atoms with Crippen molar-refractivity contribution in [1.82, 2.24) is 5.32 Å². The van der Waals surface area contributed by atoms with Crippen molar-refractivity contribution in [1.29, 1.82) is 0 Å². The lowest BCUT2D eigenvalue weighted by molar-refractivity contribution is -0.145. The minimum absolute atomic E-state index is 0.0449. The van der Waals surface area contributed by atoms with Crippen LogP contribution >= 0.6 is 27.3 Å². The van der Waals surface area contributed by atoms with Crippen LogP contribution in [0, 0.1) is 5.92 Å². The van der Waals surface area contributed by atoms with Crippen molar-refractivity contribution in [3.8, 4) is 0 Å². The smallest absolute Gasteiger partial charge is 0.310 e. The fourth-order valence-electron chi connectivity index (χ4n) is 1.95. The molecule has 2 atom stereocenters. The number of ether oxygens (including phenoxy) is 1. The van der Waals surface area contributed by atoms with Crippen molar-refractivity contribution in [2.24, 2.45) is 5.92 Å². The molecule has 15 heavy (non-hydrogen) atoms. The van der Waals surface area contributed by atoms with Gasteiger partial charge in [-0.25, -0.2) is 0 Å². The number of thiophene rings is 1. The number of rotatable bonds is 2. The van der Waals surface area contributed by atoms with E-state index in [-0.39, 0.29) is 17.8 Å². The summed E-state index contributed by atoms with van der Waals surface area (Å²) < 4.78 is 5.91. The number of nitrogens with one attached hydrogen (secondary N) is 1. The number of carbonyl (C=O) groups excluding carboxylic acids is 1. The average molecular weight is 290 g/mol. The van der Waals surface area contributed by atoms with Gasteiger partial charge in [0.25, 0.3) is 0 Å². The van der Waals surface area contributed by atoms with Gasteiger partial charge in [-0.2, -0.15) is 0 Å². The molecular formula is C10H12BrNO2S. The second kappa shape index (κ2) is 4.63. The van der Waals surface area contributed by atoms with Gasteiger partial charge in [-0.1, -0.05) is 0 Å². The lowest BCUT2D eigenvalue weighted by Crippen LogP contribution is -2.22. The summed E-state index contributed by atoms with van der Waals surface area (Å²) in [4.78, 5) is 11.5. The molecule has 1 saturated heterocycles. The highest BCUT2D eigenvalue weighted by atomic mass is 79.9. The predicted octanol–water partition coefficient (Wildman–Crippen LogP) is 1.99. The Morgan fingerprint density at radius 2 is 2.47 bits per heavy atom. The second-order valence-corrected chi connectivity index (χ2v) is 5.87. The highest BCUT2D eigenvalue weighted by molar-refractivity contribution is 9.11. The minimum atomic E-state index is -0.118. The normalized spacial score (nSPS) is 25.5. The van der Waals surface area contributed by atoms with Gasteiger partial charge in [0.15, 0.2) is 0 Å². The number of esters is 1. The lowest BCUT2D eigenvalue weighted by Gasteiger charge is -2.14. The van der Waals surface area contributed by atoms with E-state index >= 15 is 0 Å². The summed E-state index contributed by atoms with van der Waals surface area (Å²) in [6.45, 7) is 1.56. The maximum atomic E-state index is 11.5. The first-order valence-corrected chi connectivity index (χ1v) is 6.42. The summed E-state index contributed by atoms with van der Waals surface area (Å²) in [6.07, 6.45) is 0. The topological polar surface area (TPSA) is 38.3 Å². The Bertz CT molecular complexity index is 366. The molecular weight excluding hydrogens is 278 g/mol. The van der Waals surface area contributed by atoms with Gasteiger partial charge in [-0.3, -0.25) is 4.79 Å². The number of methoxy groups -OCH3 is 1. The Morgan fingerprint density at radius 1 is 1.67 bits per heavy atom. The largest absolute Gasteiger partial charge is 0.469 e. The zero-order chi connectivity index (χ0) is 10.8. The quantitative estimate of drug-likeness (QED) is 0.847. The molecule has 82 valence electrons. The Hall–Kier alpha value is -0.390. The fraction of sp³-hybridized carbons (Fsp3) is 0.500. The van der Waals surface area contributed by atoms with Gasteiger partial charge >= 0.3 is 5.97 Å². The van der Waals surface area contributed by atoms with Gasteiger partial charge in [-0.15, -0.1) is 11.3 Å². The molecule has 0 spiro atoms. The first-order valence-electron chi connectivity index (χ1n) is 4.75. The van der Waals surface area contributed by atoms with Crippen molar-refractivity contribution in [3.63, 3.8) is 0 Å². The van der Waals surface area contributed by atoms with E-state index in [1.54, 1.807) is 11.3 Å². The molecule has 1 aliphatic heterocycles. The van der Waals surface area contributed by atoms with E-state index in [0.717, 1.165) is 10.3 Å². The van der Waals surface area contributed by atoms with Crippen LogP contribution in [0.4, 0.5) is 0 Å². The van der Waals surface area contributed by atoms with Gasteiger partial charge in [0, 0.05) is 19.0 Å². The van der Waals surface area contributed by atoms with Gasteiger partial charge < -0.3 is 10.1 Å². The van der Waals surface area contributed by atoms with E-state index in [0.29, 0.717) is 6.54 Å². The summed E-state index contributed by atoms with van der Waals surface area (Å²) >= 11 is 5.08. The Kier molecular flexibility index (Phi) is 3.43. The molecule has 0 aromatic carbocycles. The molecule has 0 bridgehead atoms. The molecule has 0 radical (unpaired) electrons. The molecule has 2 heterocycles. The van der Waals surface area contributed by atoms with E-state index in [1.165, 1.54) is 12.7 Å². The van der Waals surface area contributed by atoms with Crippen LogP contribution in [0.2, 0.25) is 0 Å². The van der Waals surface area contributed by atoms with Crippen molar-refractivity contribution >= 4 is 33.2 Å². The third-order valence-corrected chi connectivity index (χ3v) is 4.26. The standard InChI is InChI=1S/C10H12BrNO2S/c1-14-10(13)8-4-12-3-7(8)6-2-9(11)15-5-6/h2,5,7-8,12H,3-4H2,1H3. The number of hydrogen-bond acceptors (Lipinski definition) is 4. The van der Waals surface area contributed by atoms with Crippen LogP contribution in [0.1, 0.15) is 11.5 Å². The highest BCUT2D eigenvalue weighted by Gasteiger charge is 2.35. The third-order valence-electron chi connectivity index (χ3n) is 2.73. The van der Waals surface area contributed by atoms with Gasteiger partial charge in [0.1, 0.15) is 0 Å². The molecule has 0 aliphatic carbocycles. The first-order chi connectivity index (χ1) is 7.22. The summed E-state index contributed by atoms with van der Waals surface area (Å²) in [5.74, 6) is 0.0869. The van der Waals surface area contributed by atoms with Gasteiger partial charge in [-0.05, 0) is 32.9 Å². The van der Waals surface area contributed by atoms with Crippen molar-refractivity contribution in [2.75, 3.05) is 20.2 Å². The van der Waals surface area contributed by atoms with E-state index in [9.17, 15) is 4.79 Å². The van der Waals surface area contributed by atoms with Gasteiger partial charge in [0.2, 0.25) is 0 Å². The molecule has 0 saturated carbocycles. The van der Waals surface area contributed by atoms with Crippen molar-refractivity contribution < 1.29 is 9.53 Å². The Morgan fingerprint density at radius 3 is 3.07 bits per heavy atom. The van der Waals surface area contributed by atoms with Crippen LogP contribution in [-0.4, -0.2) is 26.2 Å². The molecule has 0 amide bonds. The number of carbonyl (C=O) groups is 1. The zero-order valence-electron chi connectivity index (χ0n) is 8.33. The third kappa shape index (κ3) is 2.24. The van der Waals surface area contributed by atoms with Crippen molar-refractivity contribution in [2.45, 2.75) is 5.92 Å². The zero-order valence-corrected chi connectivity index (χ0v) is 10.7. The van der Waals surface area contributed by atoms with Crippen LogP contribution in [0.25, 0.3) is 0 Å². The molecule has 1 aromatic heterocycles. The summed E-state index contributed by atoms with van der Waals surface area (Å²) in [5.41, 5.74) is 1.22. The summed E-state index contributed by atoms with van der Waals surface area (Å²) in [5, 5.41) is 5.33. The SMILES string of the molecule is COC(=O)C1CNCC1c1csc(Br)c1. The van der Waals surface area contributed by atoms with Gasteiger partial charge in [0.05, 0.1) is 16.8 Å². The van der Waals surface area contributed by atoms with E-state index in [2.05, 4.69) is 32.7 Å². The highest BCUT2D eigenvalue weighted by Crippen LogP contribution is 2.33. The molecule has 5 heteroatoms. The summed E-state index contributed by atoms with van der Waals surface area (Å²) in [6, 6.07) is 2.08. The molecule has 1 N–H and O–H groups in total. The van der Waals surface area contributed by atoms with Crippen LogP contribution in [-0.2, 0) is 9.53 Å². The number of halogens is 1. The first kappa shape index (κ1) is 11.1. The maximum Gasteiger partial charge on any atom is 0.310 e. The van der Waals surface area contributed by atoms with Crippen LogP contribution in [0.15, 0.2) is 15.2 Å². The fourth-order valence-corrected chi connectivity index (χ4v) is 3.19. The lowest BCUT2D eigenvalue weighted by atomic mass is 9.91. The summed E-state index contributed by atoms with van der Waals surface area (Å²) in [7, 11) is 1.45. The molecule has 2 rings (SSSR count). The monoisotopic (exact) mass is 289 g/mol. The van der Waals surface area contributed by atoms with E-state index in [1.807, 2.05) is 0 Å². The van der Waals surface area contributed by atoms with Crippen LogP contribution < -0.4 is 5.32 Å². The average Bonchev–Trinajstić information content (AvgIpc) is 2.84. The molecule has 3 nitrogen and oxygen atoms in total. The molecule has 2 unspecified atom stereocenters. The Balaban J connectivity index is 2.18.